The molecule has 9 aliphatic heterocycles. The van der Waals surface area contributed by atoms with Crippen LogP contribution in [-0.4, -0.2) is 520 Å². The van der Waals surface area contributed by atoms with Gasteiger partial charge in [0.15, 0.2) is 50.3 Å². The molecule has 0 aliphatic carbocycles. The average molecular weight is 1750 g/mol. The number of carboxylic acids is 1. The molecule has 0 radical (unpaired) electrons. The maximum absolute atomic E-state index is 13.3. The first-order valence-electron chi connectivity index (χ1n) is 37.4. The third kappa shape index (κ3) is 21.7. The van der Waals surface area contributed by atoms with Crippen molar-refractivity contribution in [2.75, 3.05) is 66.1 Å². The summed E-state index contributed by atoms with van der Waals surface area (Å²) >= 11 is 0. The van der Waals surface area contributed by atoms with Gasteiger partial charge in [0.25, 0.3) is 5.79 Å². The summed E-state index contributed by atoms with van der Waals surface area (Å²) in [5.41, 5.74) is 0. The van der Waals surface area contributed by atoms with Gasteiger partial charge in [0.05, 0.1) is 71.6 Å². The van der Waals surface area contributed by atoms with Crippen LogP contribution in [0.1, 0.15) is 27.2 Å². The first-order chi connectivity index (χ1) is 56.2. The van der Waals surface area contributed by atoms with Gasteiger partial charge in [0.1, 0.15) is 220 Å². The van der Waals surface area contributed by atoms with Crippen LogP contribution in [0.3, 0.4) is 0 Å². The molecule has 0 saturated carbocycles. The summed E-state index contributed by atoms with van der Waals surface area (Å²) < 4.78 is 99.2. The Morgan fingerprint density at radius 2 is 0.706 bits per heavy atom. The number of hydrogen-bond acceptors (Lipinski definition) is 49. The minimum Gasteiger partial charge on any atom is -0.477 e. The molecule has 46 atom stereocenters. The van der Waals surface area contributed by atoms with Crippen molar-refractivity contribution in [3.05, 3.63) is 0 Å². The molecular weight excluding hydrogens is 1640 g/mol. The molecule has 0 aromatic heterocycles. The molecule has 4 amide bonds. The van der Waals surface area contributed by atoms with Crippen molar-refractivity contribution in [3.8, 4) is 0 Å². The van der Waals surface area contributed by atoms with Crippen LogP contribution in [0, 0.1) is 0 Å². The molecule has 9 fully saturated rings. The molecule has 9 rings (SSSR count). The summed E-state index contributed by atoms with van der Waals surface area (Å²) in [6, 6.07) is -7.94. The van der Waals surface area contributed by atoms with Crippen molar-refractivity contribution in [1.29, 1.82) is 0 Å². The zero-order valence-electron chi connectivity index (χ0n) is 63.3. The van der Waals surface area contributed by atoms with Crippen molar-refractivity contribution in [2.24, 2.45) is 0 Å². The highest BCUT2D eigenvalue weighted by Gasteiger charge is 2.63. The SMILES string of the molecule is CC(=O)N[C@H]1[C@H](OC[C@H]2O[C@@H](O[C@H]3[C@H](O)[C@@H](NC(C)=O)[C@H](O[C@H]4[C@@H](O)[C@@H](CO)O[C@@H](O[C@H]5[C@H](O)[C@@H](O)[C@H](O)O[C@@H]5CO)[C@@H]4O)O[C@@H]3CO)[C@H](O)[C@@H](O[C@@H]3O[C@H](CO)[C@@H](O[C@@H]4O[C@H](CO)[C@H](O)[C@H](O[C@]5(C(=O)O)C[C@H](O)[C@@H](NC(=O)CO)[C@H]([C@H](O)[C@H](O)CO)O5)[C@H]4O)[C@H](O)[C@H]3NC(C)=O)[C@H]2O)O[C@H](CO)[C@@H](O[C@@H]2O[C@H](CO)[C@H](O)[C@H](O)[C@H]2O)[C@@H]1O. The third-order valence-corrected chi connectivity index (χ3v) is 21.4. The van der Waals surface area contributed by atoms with Crippen LogP contribution in [0.5, 0.6) is 0 Å². The number of aliphatic hydroxyl groups excluding tert-OH is 27. The number of nitrogens with one attached hydrogen (secondary N) is 4. The smallest absolute Gasteiger partial charge is 0.364 e. The Bertz CT molecular complexity index is 3230. The number of ether oxygens (including phenoxy) is 17. The Labute approximate surface area is 671 Å². The molecule has 54 nitrogen and oxygen atoms in total. The van der Waals surface area contributed by atoms with Crippen molar-refractivity contribution in [1.82, 2.24) is 21.3 Å². The molecule has 0 bridgehead atoms. The van der Waals surface area contributed by atoms with Gasteiger partial charge in [-0.15, -0.1) is 0 Å². The number of rotatable bonds is 33. The highest BCUT2D eigenvalue weighted by atomic mass is 16.8. The Kier molecular flexibility index (Phi) is 35.3. The minimum atomic E-state index is -3.38. The van der Waals surface area contributed by atoms with Gasteiger partial charge >= 0.3 is 5.97 Å². The summed E-state index contributed by atoms with van der Waals surface area (Å²) in [4.78, 5) is 64.9. The number of amides is 4. The minimum absolute atomic E-state index is 0.858. The summed E-state index contributed by atoms with van der Waals surface area (Å²) in [6.45, 7) is -8.95. The lowest BCUT2D eigenvalue weighted by Crippen LogP contribution is -2.71. The number of carbonyl (C=O) groups is 5. The van der Waals surface area contributed by atoms with E-state index in [1.165, 1.54) is 0 Å². The molecule has 688 valence electrons. The van der Waals surface area contributed by atoms with E-state index in [0.29, 0.717) is 0 Å². The van der Waals surface area contributed by atoms with Gasteiger partial charge in [0, 0.05) is 27.2 Å². The number of carbonyl (C=O) groups excluding carboxylic acids is 4. The normalized spacial score (nSPS) is 47.3. The largest absolute Gasteiger partial charge is 0.477 e. The quantitative estimate of drug-likeness (QED) is 0.0290. The second-order valence-electron chi connectivity index (χ2n) is 29.6. The van der Waals surface area contributed by atoms with E-state index < -0.39 is 384 Å². The second-order valence-corrected chi connectivity index (χ2v) is 29.6. The fourth-order valence-electron chi connectivity index (χ4n) is 15.2. The Balaban J connectivity index is 1.02. The molecular formula is C65H108N4O50. The summed E-state index contributed by atoms with van der Waals surface area (Å²) in [5.74, 6) is -9.83. The molecule has 54 heteroatoms. The average Bonchev–Trinajstić information content (AvgIpc) is 0.760. The molecule has 0 unspecified atom stereocenters. The van der Waals surface area contributed by atoms with Gasteiger partial charge in [-0.05, 0) is 0 Å². The van der Waals surface area contributed by atoms with Gasteiger partial charge < -0.3 is 245 Å². The van der Waals surface area contributed by atoms with Crippen LogP contribution >= 0.6 is 0 Å². The fraction of sp³-hybridized carbons (Fsp3) is 0.923. The van der Waals surface area contributed by atoms with E-state index in [2.05, 4.69) is 21.3 Å². The lowest BCUT2D eigenvalue weighted by Gasteiger charge is -2.51. The van der Waals surface area contributed by atoms with Crippen LogP contribution < -0.4 is 21.3 Å². The predicted molar refractivity (Wildman–Crippen MR) is 362 cm³/mol. The molecule has 0 spiro atoms. The zero-order chi connectivity index (χ0) is 88.0. The van der Waals surface area contributed by atoms with E-state index in [-0.39, 0.29) is 0 Å². The molecule has 119 heavy (non-hydrogen) atoms. The van der Waals surface area contributed by atoms with E-state index in [1.54, 1.807) is 0 Å². The first kappa shape index (κ1) is 98.4. The van der Waals surface area contributed by atoms with E-state index in [1.807, 2.05) is 0 Å². The van der Waals surface area contributed by atoms with Gasteiger partial charge in [-0.2, -0.15) is 0 Å². The van der Waals surface area contributed by atoms with Crippen LogP contribution in [-0.2, 0) is 104 Å². The Morgan fingerprint density at radius 3 is 1.11 bits per heavy atom. The molecule has 0 aromatic rings. The maximum atomic E-state index is 13.3. The zero-order valence-corrected chi connectivity index (χ0v) is 63.3. The van der Waals surface area contributed by atoms with Crippen LogP contribution in [0.4, 0.5) is 0 Å². The van der Waals surface area contributed by atoms with Crippen molar-refractivity contribution < 1.29 is 247 Å². The van der Waals surface area contributed by atoms with Crippen molar-refractivity contribution in [2.45, 2.75) is 309 Å². The van der Waals surface area contributed by atoms with E-state index >= 15 is 0 Å². The highest BCUT2D eigenvalue weighted by molar-refractivity contribution is 5.78. The van der Waals surface area contributed by atoms with E-state index in [9.17, 15) is 167 Å². The number of hydrogen-bond donors (Lipinski definition) is 32. The summed E-state index contributed by atoms with van der Waals surface area (Å²) in [5, 5.41) is 317. The van der Waals surface area contributed by atoms with E-state index in [4.69, 9.17) is 80.5 Å². The molecule has 9 heterocycles. The number of aliphatic carboxylic acids is 1. The molecule has 32 N–H and O–H groups in total. The summed E-state index contributed by atoms with van der Waals surface area (Å²) in [6.07, 6.45) is -89.8. The van der Waals surface area contributed by atoms with Crippen LogP contribution in [0.15, 0.2) is 0 Å². The third-order valence-electron chi connectivity index (χ3n) is 21.4. The highest BCUT2D eigenvalue weighted by Crippen LogP contribution is 2.42. The Morgan fingerprint density at radius 1 is 0.361 bits per heavy atom. The van der Waals surface area contributed by atoms with E-state index in [0.717, 1.165) is 20.8 Å². The van der Waals surface area contributed by atoms with Gasteiger partial charge in [-0.25, -0.2) is 4.79 Å². The van der Waals surface area contributed by atoms with Gasteiger partial charge in [0.2, 0.25) is 23.6 Å². The topological polar surface area (TPSA) is 857 Å². The van der Waals surface area contributed by atoms with Crippen LogP contribution in [0.25, 0.3) is 0 Å². The molecule has 9 saturated heterocycles. The molecule has 0 aromatic carbocycles. The summed E-state index contributed by atoms with van der Waals surface area (Å²) in [7, 11) is 0. The van der Waals surface area contributed by atoms with Gasteiger partial charge in [-0.1, -0.05) is 0 Å². The monoisotopic (exact) mass is 1740 g/mol. The standard InChI is InChI=1S/C65H108N4O50/c1-15(79)66-30-38(90)48(112-60-44(96)41(93)34(86)20(6-71)105-60)24(10-75)108-57(30)103-14-27-37(89)54(46(98)62(111-27)113-49-25(11-76)109-58(31(39(49)91)67-16(2)80)116-53-35(87)21(7-72)106-61(45(53)97)115-51-23(9-74)104-56(100)43(95)42(51)94)117-59-32(68-17(3)81)40(92)50(26(12-77)110-59)114-63-47(99)55(36(88)22(8-73)107-63)119-65(64(101)102)4-18(82)29(69-28(84)13-78)52(118-65)33(85)19(83)5-70/h18-27,29-63,70-78,82-83,85-100H,4-14H2,1-3H3,(H,66,79)(H,67,80)(H,68,81)(H,69,84)(H,101,102)/t18-,19+,20+,21+,22+,23+,24+,25+,26+,27+,29+,30+,31+,32+,33+,34-,35-,36-,37-,38+,39+,40+,41-,42+,43+,44+,45+,46+,47+,48+,49+,50+,51+,52+,53-,54-,55-,56+,57+,58-,59-,60-,61-,62-,63-,65-/m0/s1. The van der Waals surface area contributed by atoms with Crippen LogP contribution in [0.2, 0.25) is 0 Å². The first-order valence-corrected chi connectivity index (χ1v) is 37.4. The maximum Gasteiger partial charge on any atom is 0.364 e. The predicted octanol–water partition coefficient (Wildman–Crippen LogP) is -21.9. The van der Waals surface area contributed by atoms with Crippen molar-refractivity contribution in [3.63, 3.8) is 0 Å². The lowest BCUT2D eigenvalue weighted by molar-refractivity contribution is -0.393. The fourth-order valence-corrected chi connectivity index (χ4v) is 15.2. The lowest BCUT2D eigenvalue weighted by atomic mass is 9.88. The number of carboxylic acid groups (broad SMARTS) is 1. The number of aliphatic hydroxyl groups is 27. The van der Waals surface area contributed by atoms with Crippen molar-refractivity contribution >= 4 is 29.6 Å². The Hall–Kier alpha value is -4.41. The molecule has 9 aliphatic rings. The van der Waals surface area contributed by atoms with Gasteiger partial charge in [-0.3, -0.25) is 19.2 Å². The second kappa shape index (κ2) is 42.7.